The van der Waals surface area contributed by atoms with Gasteiger partial charge in [-0.2, -0.15) is 5.26 Å². The summed E-state index contributed by atoms with van der Waals surface area (Å²) in [5, 5.41) is 9.21. The van der Waals surface area contributed by atoms with Gasteiger partial charge in [0.25, 0.3) is 0 Å². The van der Waals surface area contributed by atoms with E-state index in [4.69, 9.17) is 4.98 Å². The Bertz CT molecular complexity index is 884. The van der Waals surface area contributed by atoms with Gasteiger partial charge in [-0.25, -0.2) is 9.37 Å². The average molecular weight is 320 g/mol. The van der Waals surface area contributed by atoms with Crippen LogP contribution in [-0.4, -0.2) is 23.1 Å². The zero-order valence-corrected chi connectivity index (χ0v) is 13.2. The number of H-pyrrole nitrogens is 1. The first-order valence-electron chi connectivity index (χ1n) is 8.14. The number of nitrogens with zero attached hydrogens (tertiary/aromatic N) is 3. The first kappa shape index (κ1) is 14.7. The van der Waals surface area contributed by atoms with Gasteiger partial charge in [0.15, 0.2) is 0 Å². The topological polar surface area (TPSA) is 55.7 Å². The van der Waals surface area contributed by atoms with Crippen LogP contribution in [0.2, 0.25) is 0 Å². The smallest absolute Gasteiger partial charge is 0.143 e. The zero-order valence-electron chi connectivity index (χ0n) is 13.2. The number of benzene rings is 2. The molecular formula is C19H17FN4. The highest BCUT2D eigenvalue weighted by atomic mass is 19.1. The molecule has 0 unspecified atom stereocenters. The highest BCUT2D eigenvalue weighted by molar-refractivity contribution is 5.74. The molecule has 3 aromatic rings. The molecule has 0 saturated carbocycles. The van der Waals surface area contributed by atoms with Crippen LogP contribution < -0.4 is 4.90 Å². The van der Waals surface area contributed by atoms with Crippen molar-refractivity contribution in [3.63, 3.8) is 0 Å². The third kappa shape index (κ3) is 2.50. The van der Waals surface area contributed by atoms with Crippen LogP contribution in [0.3, 0.4) is 0 Å². The molecule has 0 atom stereocenters. The van der Waals surface area contributed by atoms with Crippen molar-refractivity contribution in [2.75, 3.05) is 18.0 Å². The molecule has 120 valence electrons. The van der Waals surface area contributed by atoms with Gasteiger partial charge in [0.2, 0.25) is 0 Å². The van der Waals surface area contributed by atoms with Gasteiger partial charge < -0.3 is 9.88 Å². The van der Waals surface area contributed by atoms with E-state index >= 15 is 0 Å². The Morgan fingerprint density at radius 1 is 1.12 bits per heavy atom. The zero-order chi connectivity index (χ0) is 16.5. The van der Waals surface area contributed by atoms with Crippen molar-refractivity contribution in [1.82, 2.24) is 9.97 Å². The van der Waals surface area contributed by atoms with E-state index in [1.807, 2.05) is 36.4 Å². The van der Waals surface area contributed by atoms with Gasteiger partial charge in [0.1, 0.15) is 23.3 Å². The highest BCUT2D eigenvalue weighted by Crippen LogP contribution is 2.32. The molecule has 1 fully saturated rings. The first-order chi connectivity index (χ1) is 11.8. The van der Waals surface area contributed by atoms with E-state index in [-0.39, 0.29) is 5.56 Å². The lowest BCUT2D eigenvalue weighted by Crippen LogP contribution is -2.33. The number of aromatic amines is 1. The molecule has 1 aromatic heterocycles. The van der Waals surface area contributed by atoms with Crippen LogP contribution >= 0.6 is 0 Å². The molecule has 0 bridgehead atoms. The van der Waals surface area contributed by atoms with Crippen molar-refractivity contribution in [3.05, 3.63) is 59.7 Å². The number of aromatic nitrogens is 2. The second kappa shape index (κ2) is 5.97. The number of hydrogen-bond acceptors (Lipinski definition) is 3. The summed E-state index contributed by atoms with van der Waals surface area (Å²) in [4.78, 5) is 10.2. The van der Waals surface area contributed by atoms with Crippen LogP contribution in [-0.2, 0) is 0 Å². The van der Waals surface area contributed by atoms with E-state index in [1.165, 1.54) is 6.07 Å². The summed E-state index contributed by atoms with van der Waals surface area (Å²) < 4.78 is 13.8. The molecule has 0 radical (unpaired) electrons. The summed E-state index contributed by atoms with van der Waals surface area (Å²) in [5.41, 5.74) is 2.89. The number of fused-ring (bicyclic) bond motifs is 1. The van der Waals surface area contributed by atoms with Crippen molar-refractivity contribution in [2.24, 2.45) is 0 Å². The van der Waals surface area contributed by atoms with Crippen molar-refractivity contribution in [2.45, 2.75) is 18.8 Å². The average Bonchev–Trinajstić information content (AvgIpc) is 3.06. The van der Waals surface area contributed by atoms with E-state index in [0.29, 0.717) is 11.6 Å². The molecule has 0 spiro atoms. The number of anilines is 1. The standard InChI is InChI=1S/C19H17FN4/c20-15-4-3-7-18(14(15)12-21)24-10-8-13(9-11-24)19-22-16-5-1-2-6-17(16)23-19/h1-7,13H,8-11H2,(H,22,23). The summed E-state index contributed by atoms with van der Waals surface area (Å²) in [6.07, 6.45) is 1.86. The fraction of sp³-hybridized carbons (Fsp3) is 0.263. The molecule has 4 rings (SSSR count). The van der Waals surface area contributed by atoms with E-state index in [9.17, 15) is 9.65 Å². The largest absolute Gasteiger partial charge is 0.370 e. The lowest BCUT2D eigenvalue weighted by Gasteiger charge is -2.33. The first-order valence-corrected chi connectivity index (χ1v) is 8.14. The van der Waals surface area contributed by atoms with Crippen LogP contribution in [0, 0.1) is 17.1 Å². The summed E-state index contributed by atoms with van der Waals surface area (Å²) >= 11 is 0. The lowest BCUT2D eigenvalue weighted by atomic mass is 9.95. The fourth-order valence-electron chi connectivity index (χ4n) is 3.45. The summed E-state index contributed by atoms with van der Waals surface area (Å²) in [6, 6.07) is 14.8. The van der Waals surface area contributed by atoms with Crippen LogP contribution in [0.5, 0.6) is 0 Å². The number of hydrogen-bond donors (Lipinski definition) is 1. The summed E-state index contributed by atoms with van der Waals surface area (Å²) in [5.74, 6) is 0.942. The van der Waals surface area contributed by atoms with E-state index in [2.05, 4.69) is 9.88 Å². The van der Waals surface area contributed by atoms with Gasteiger partial charge in [0.05, 0.1) is 16.7 Å². The minimum absolute atomic E-state index is 0.139. The fourth-order valence-corrected chi connectivity index (χ4v) is 3.45. The molecule has 0 amide bonds. The predicted octanol–water partition coefficient (Wildman–Crippen LogP) is 3.96. The maximum atomic E-state index is 13.8. The van der Waals surface area contributed by atoms with E-state index in [1.54, 1.807) is 6.07 Å². The van der Waals surface area contributed by atoms with Crippen LogP contribution in [0.1, 0.15) is 30.1 Å². The molecule has 1 aliphatic rings. The second-order valence-corrected chi connectivity index (χ2v) is 6.15. The molecule has 2 aromatic carbocycles. The van der Waals surface area contributed by atoms with Gasteiger partial charge in [-0.1, -0.05) is 18.2 Å². The number of piperidine rings is 1. The SMILES string of the molecule is N#Cc1c(F)cccc1N1CCC(c2nc3ccccc3[nH]2)CC1. The van der Waals surface area contributed by atoms with Gasteiger partial charge in [-0.3, -0.25) is 0 Å². The second-order valence-electron chi connectivity index (χ2n) is 6.15. The van der Waals surface area contributed by atoms with Gasteiger partial charge >= 0.3 is 0 Å². The van der Waals surface area contributed by atoms with Crippen molar-refractivity contribution in [1.29, 1.82) is 5.26 Å². The van der Waals surface area contributed by atoms with E-state index in [0.717, 1.165) is 42.8 Å². The van der Waals surface area contributed by atoms with E-state index < -0.39 is 5.82 Å². The molecule has 0 aliphatic carbocycles. The summed E-state index contributed by atoms with van der Waals surface area (Å²) in [6.45, 7) is 1.58. The van der Waals surface area contributed by atoms with Gasteiger partial charge in [-0.05, 0) is 37.1 Å². The summed E-state index contributed by atoms with van der Waals surface area (Å²) in [7, 11) is 0. The van der Waals surface area contributed by atoms with Crippen LogP contribution in [0.15, 0.2) is 42.5 Å². The number of nitriles is 1. The van der Waals surface area contributed by atoms with Crippen LogP contribution in [0.4, 0.5) is 10.1 Å². The molecule has 2 heterocycles. The van der Waals surface area contributed by atoms with Crippen molar-refractivity contribution in [3.8, 4) is 6.07 Å². The lowest BCUT2D eigenvalue weighted by molar-refractivity contribution is 0.488. The Morgan fingerprint density at radius 3 is 2.67 bits per heavy atom. The minimum atomic E-state index is -0.450. The molecule has 1 saturated heterocycles. The van der Waals surface area contributed by atoms with Crippen molar-refractivity contribution < 1.29 is 4.39 Å². The van der Waals surface area contributed by atoms with Crippen LogP contribution in [0.25, 0.3) is 11.0 Å². The minimum Gasteiger partial charge on any atom is -0.370 e. The molecule has 4 nitrogen and oxygen atoms in total. The monoisotopic (exact) mass is 320 g/mol. The number of para-hydroxylation sites is 2. The Morgan fingerprint density at radius 2 is 1.92 bits per heavy atom. The normalized spacial score (nSPS) is 15.6. The molecule has 1 aliphatic heterocycles. The quantitative estimate of drug-likeness (QED) is 0.777. The van der Waals surface area contributed by atoms with Gasteiger partial charge in [0, 0.05) is 19.0 Å². The molecule has 1 N–H and O–H groups in total. The number of halogens is 1. The number of imidazole rings is 1. The molecule has 5 heteroatoms. The Balaban J connectivity index is 1.53. The third-order valence-corrected chi connectivity index (χ3v) is 4.73. The Labute approximate surface area is 139 Å². The van der Waals surface area contributed by atoms with Gasteiger partial charge in [-0.15, -0.1) is 0 Å². The highest BCUT2D eigenvalue weighted by Gasteiger charge is 2.25. The molecule has 24 heavy (non-hydrogen) atoms. The third-order valence-electron chi connectivity index (χ3n) is 4.73. The Hall–Kier alpha value is -2.87. The number of rotatable bonds is 2. The maximum absolute atomic E-state index is 13.8. The predicted molar refractivity (Wildman–Crippen MR) is 91.4 cm³/mol. The number of nitrogens with one attached hydrogen (secondary N) is 1. The maximum Gasteiger partial charge on any atom is 0.143 e. The Kier molecular flexibility index (Phi) is 3.66. The van der Waals surface area contributed by atoms with Crippen molar-refractivity contribution >= 4 is 16.7 Å². The molecular weight excluding hydrogens is 303 g/mol.